The Kier molecular flexibility index (Phi) is 7.94. The Hall–Kier alpha value is -4.10. The third kappa shape index (κ3) is 6.98. The third-order valence-corrected chi connectivity index (χ3v) is 7.22. The molecular formula is C30H30N2O4S. The highest BCUT2D eigenvalue weighted by Crippen LogP contribution is 2.24. The van der Waals surface area contributed by atoms with Crippen LogP contribution in [0.5, 0.6) is 5.75 Å². The van der Waals surface area contributed by atoms with Gasteiger partial charge in [-0.05, 0) is 84.6 Å². The molecule has 0 aliphatic heterocycles. The standard InChI is InChI=1S/C30H30N2O4S/c1-22-9-16-28(19-23(22)2)32(37(3,34)35)20-24-10-12-26(13-11-24)30(33)31-27-14-17-29(18-15-27)36-21-25-7-5-4-6-8-25/h4-19H,20-21H2,1-3H3,(H,31,33). The van der Waals surface area contributed by atoms with Gasteiger partial charge < -0.3 is 10.1 Å². The Balaban J connectivity index is 1.38. The molecule has 0 aromatic heterocycles. The first kappa shape index (κ1) is 26.0. The largest absolute Gasteiger partial charge is 0.489 e. The highest BCUT2D eigenvalue weighted by atomic mass is 32.2. The number of aryl methyl sites for hydroxylation is 2. The van der Waals surface area contributed by atoms with E-state index in [4.69, 9.17) is 4.74 Å². The normalized spacial score (nSPS) is 11.1. The lowest BCUT2D eigenvalue weighted by atomic mass is 10.1. The molecule has 37 heavy (non-hydrogen) atoms. The average Bonchev–Trinajstić information content (AvgIpc) is 2.89. The molecule has 0 aliphatic rings. The number of carbonyl (C=O) groups is 1. The lowest BCUT2D eigenvalue weighted by Crippen LogP contribution is -2.29. The smallest absolute Gasteiger partial charge is 0.255 e. The van der Waals surface area contributed by atoms with Crippen LogP contribution in [0.3, 0.4) is 0 Å². The Morgan fingerprint density at radius 2 is 1.49 bits per heavy atom. The van der Waals surface area contributed by atoms with Crippen LogP contribution in [0.4, 0.5) is 11.4 Å². The maximum Gasteiger partial charge on any atom is 0.255 e. The summed E-state index contributed by atoms with van der Waals surface area (Å²) in [5.74, 6) is 0.462. The zero-order valence-electron chi connectivity index (χ0n) is 21.1. The summed E-state index contributed by atoms with van der Waals surface area (Å²) in [6.07, 6.45) is 1.20. The van der Waals surface area contributed by atoms with Crippen LogP contribution >= 0.6 is 0 Å². The minimum absolute atomic E-state index is 0.174. The molecule has 0 bridgehead atoms. The molecule has 0 saturated carbocycles. The summed E-state index contributed by atoms with van der Waals surface area (Å²) in [6, 6.07) is 29.7. The second kappa shape index (κ2) is 11.3. The van der Waals surface area contributed by atoms with E-state index in [-0.39, 0.29) is 12.5 Å². The summed E-state index contributed by atoms with van der Waals surface area (Å²) in [5.41, 5.74) is 5.72. The van der Waals surface area contributed by atoms with E-state index in [9.17, 15) is 13.2 Å². The summed E-state index contributed by atoms with van der Waals surface area (Å²) in [5, 5.41) is 2.88. The average molecular weight is 515 g/mol. The predicted octanol–water partition coefficient (Wildman–Crippen LogP) is 6.10. The molecule has 4 aromatic rings. The first-order chi connectivity index (χ1) is 17.7. The van der Waals surface area contributed by atoms with Crippen molar-refractivity contribution in [2.24, 2.45) is 0 Å². The Labute approximate surface area is 218 Å². The van der Waals surface area contributed by atoms with E-state index in [0.29, 0.717) is 29.3 Å². The first-order valence-electron chi connectivity index (χ1n) is 11.9. The van der Waals surface area contributed by atoms with Crippen LogP contribution in [0.25, 0.3) is 0 Å². The Bertz CT molecular complexity index is 1470. The molecular weight excluding hydrogens is 484 g/mol. The number of nitrogens with one attached hydrogen (secondary N) is 1. The van der Waals surface area contributed by atoms with Crippen molar-refractivity contribution in [1.29, 1.82) is 0 Å². The number of nitrogens with zero attached hydrogens (tertiary/aromatic N) is 1. The lowest BCUT2D eigenvalue weighted by molar-refractivity contribution is 0.102. The van der Waals surface area contributed by atoms with Gasteiger partial charge in [0.15, 0.2) is 0 Å². The van der Waals surface area contributed by atoms with E-state index in [2.05, 4.69) is 5.32 Å². The third-order valence-electron chi connectivity index (χ3n) is 6.08. The fraction of sp³-hybridized carbons (Fsp3) is 0.167. The minimum atomic E-state index is -3.49. The highest BCUT2D eigenvalue weighted by Gasteiger charge is 2.18. The van der Waals surface area contributed by atoms with Crippen molar-refractivity contribution in [1.82, 2.24) is 0 Å². The van der Waals surface area contributed by atoms with Gasteiger partial charge in [-0.3, -0.25) is 9.10 Å². The topological polar surface area (TPSA) is 75.7 Å². The van der Waals surface area contributed by atoms with E-state index < -0.39 is 10.0 Å². The monoisotopic (exact) mass is 514 g/mol. The molecule has 0 unspecified atom stereocenters. The van der Waals surface area contributed by atoms with E-state index >= 15 is 0 Å². The van der Waals surface area contributed by atoms with Gasteiger partial charge in [-0.25, -0.2) is 8.42 Å². The van der Waals surface area contributed by atoms with Gasteiger partial charge >= 0.3 is 0 Å². The molecule has 4 aromatic carbocycles. The van der Waals surface area contributed by atoms with Crippen LogP contribution in [0, 0.1) is 13.8 Å². The molecule has 0 spiro atoms. The zero-order valence-corrected chi connectivity index (χ0v) is 22.0. The molecule has 0 radical (unpaired) electrons. The molecule has 0 heterocycles. The second-order valence-electron chi connectivity index (χ2n) is 8.99. The molecule has 4 rings (SSSR count). The van der Waals surface area contributed by atoms with Crippen LogP contribution < -0.4 is 14.4 Å². The zero-order chi connectivity index (χ0) is 26.4. The molecule has 0 fully saturated rings. The molecule has 6 nitrogen and oxygen atoms in total. The maximum atomic E-state index is 12.7. The molecule has 1 N–H and O–H groups in total. The van der Waals surface area contributed by atoms with Crippen LogP contribution in [-0.4, -0.2) is 20.6 Å². The molecule has 190 valence electrons. The second-order valence-corrected chi connectivity index (χ2v) is 10.9. The van der Waals surface area contributed by atoms with Crippen molar-refractivity contribution < 1.29 is 17.9 Å². The number of sulfonamides is 1. The summed E-state index contributed by atoms with van der Waals surface area (Å²) < 4.78 is 32.2. The van der Waals surface area contributed by atoms with Gasteiger partial charge in [0.1, 0.15) is 12.4 Å². The van der Waals surface area contributed by atoms with E-state index in [0.717, 1.165) is 22.3 Å². The number of rotatable bonds is 9. The van der Waals surface area contributed by atoms with Crippen molar-refractivity contribution in [2.75, 3.05) is 15.9 Å². The van der Waals surface area contributed by atoms with Crippen molar-refractivity contribution in [3.63, 3.8) is 0 Å². The summed E-state index contributed by atoms with van der Waals surface area (Å²) in [6.45, 7) is 4.59. The molecule has 0 saturated heterocycles. The van der Waals surface area contributed by atoms with Crippen molar-refractivity contribution in [3.8, 4) is 5.75 Å². The first-order valence-corrected chi connectivity index (χ1v) is 13.8. The van der Waals surface area contributed by atoms with Crippen molar-refractivity contribution in [2.45, 2.75) is 27.0 Å². The van der Waals surface area contributed by atoms with Crippen LogP contribution in [0.15, 0.2) is 97.1 Å². The molecule has 7 heteroatoms. The van der Waals surface area contributed by atoms with E-state index in [1.54, 1.807) is 36.4 Å². The number of ether oxygens (including phenoxy) is 1. The van der Waals surface area contributed by atoms with Crippen LogP contribution in [0.1, 0.15) is 32.6 Å². The number of anilines is 2. The van der Waals surface area contributed by atoms with Crippen molar-refractivity contribution >= 4 is 27.3 Å². The van der Waals surface area contributed by atoms with Crippen molar-refractivity contribution in [3.05, 3.63) is 125 Å². The summed E-state index contributed by atoms with van der Waals surface area (Å²) >= 11 is 0. The van der Waals surface area contributed by atoms with Gasteiger partial charge in [-0.2, -0.15) is 0 Å². The maximum absolute atomic E-state index is 12.7. The summed E-state index contributed by atoms with van der Waals surface area (Å²) in [4.78, 5) is 12.7. The molecule has 0 aliphatic carbocycles. The predicted molar refractivity (Wildman–Crippen MR) is 149 cm³/mol. The number of carbonyl (C=O) groups excluding carboxylic acids is 1. The summed E-state index contributed by atoms with van der Waals surface area (Å²) in [7, 11) is -3.49. The highest BCUT2D eigenvalue weighted by molar-refractivity contribution is 7.92. The van der Waals surface area contributed by atoms with Gasteiger partial charge in [0.05, 0.1) is 18.5 Å². The molecule has 1 amide bonds. The number of hydrogen-bond acceptors (Lipinski definition) is 4. The lowest BCUT2D eigenvalue weighted by Gasteiger charge is -2.23. The molecule has 0 atom stereocenters. The number of hydrogen-bond donors (Lipinski definition) is 1. The SMILES string of the molecule is Cc1ccc(N(Cc2ccc(C(=O)Nc3ccc(OCc4ccccc4)cc3)cc2)S(C)(=O)=O)cc1C. The fourth-order valence-corrected chi connectivity index (χ4v) is 4.67. The Morgan fingerprint density at radius 1 is 0.811 bits per heavy atom. The van der Waals surface area contributed by atoms with Crippen LogP contribution in [0.2, 0.25) is 0 Å². The van der Waals surface area contributed by atoms with E-state index in [1.165, 1.54) is 10.6 Å². The van der Waals surface area contributed by atoms with Gasteiger partial charge in [0, 0.05) is 11.3 Å². The van der Waals surface area contributed by atoms with Gasteiger partial charge in [-0.1, -0.05) is 48.5 Å². The Morgan fingerprint density at radius 3 is 2.11 bits per heavy atom. The van der Waals surface area contributed by atoms with Gasteiger partial charge in [0.25, 0.3) is 5.91 Å². The van der Waals surface area contributed by atoms with Crippen LogP contribution in [-0.2, 0) is 23.2 Å². The van der Waals surface area contributed by atoms with E-state index in [1.807, 2.05) is 74.5 Å². The fourth-order valence-electron chi connectivity index (χ4n) is 3.79. The van der Waals surface area contributed by atoms with Gasteiger partial charge in [0.2, 0.25) is 10.0 Å². The minimum Gasteiger partial charge on any atom is -0.489 e. The quantitative estimate of drug-likeness (QED) is 0.293. The number of benzene rings is 4. The van der Waals surface area contributed by atoms with Gasteiger partial charge in [-0.15, -0.1) is 0 Å². The number of amides is 1.